The molecule has 3 nitrogen and oxygen atoms in total. The lowest BCUT2D eigenvalue weighted by Gasteiger charge is -2.11. The van der Waals surface area contributed by atoms with E-state index in [1.54, 1.807) is 7.11 Å². The Hall–Kier alpha value is 0.660. The Bertz CT molecular complexity index is 147. The van der Waals surface area contributed by atoms with Crippen LogP contribution in [0.1, 0.15) is 13.8 Å². The Balaban J connectivity index is 2.46. The maximum atomic E-state index is 5.41. The van der Waals surface area contributed by atoms with Crippen LogP contribution in [0.15, 0.2) is 0 Å². The zero-order valence-corrected chi connectivity index (χ0v) is 8.86. The van der Waals surface area contributed by atoms with Crippen molar-refractivity contribution in [3.05, 3.63) is 0 Å². The lowest BCUT2D eigenvalue weighted by molar-refractivity contribution is 0.287. The quantitative estimate of drug-likeness (QED) is 0.522. The highest BCUT2D eigenvalue weighted by atomic mass is 32.7. The third-order valence-electron chi connectivity index (χ3n) is 1.81. The SMILES string of the molecule is CO[P+]1(S)N[C@@H](C(C)C)CO1. The van der Waals surface area contributed by atoms with Gasteiger partial charge in [0.05, 0.1) is 25.4 Å². The molecule has 1 aliphatic heterocycles. The summed E-state index contributed by atoms with van der Waals surface area (Å²) in [6.45, 7) is 5.02. The summed E-state index contributed by atoms with van der Waals surface area (Å²) in [5, 5.41) is 3.25. The summed E-state index contributed by atoms with van der Waals surface area (Å²) in [7, 11) is -0.345. The molecule has 0 aromatic carbocycles. The first kappa shape index (κ1) is 9.75. The highest BCUT2D eigenvalue weighted by Crippen LogP contribution is 2.64. The lowest BCUT2D eigenvalue weighted by atomic mass is 10.1. The van der Waals surface area contributed by atoms with Gasteiger partial charge in [-0.2, -0.15) is 9.05 Å². The van der Waals surface area contributed by atoms with Crippen LogP contribution in [-0.2, 0) is 9.05 Å². The monoisotopic (exact) mass is 196 g/mol. The molecule has 0 aliphatic carbocycles. The van der Waals surface area contributed by atoms with Crippen LogP contribution in [0, 0.1) is 5.92 Å². The van der Waals surface area contributed by atoms with Gasteiger partial charge >= 0.3 is 7.07 Å². The zero-order valence-electron chi connectivity index (χ0n) is 7.07. The molecule has 5 heteroatoms. The number of nitrogens with one attached hydrogen (secondary N) is 1. The number of rotatable bonds is 2. The third-order valence-corrected chi connectivity index (χ3v) is 4.64. The standard InChI is InChI=1S/C6H15NO2PS/c1-5(2)6-4-9-10(11,7-6)8-3/h5-7,11H,4H2,1-3H3/q+1/t6-,10?/m1/s1. The predicted octanol–water partition coefficient (Wildman–Crippen LogP) is 1.88. The molecule has 1 unspecified atom stereocenters. The van der Waals surface area contributed by atoms with Gasteiger partial charge < -0.3 is 0 Å². The summed E-state index contributed by atoms with van der Waals surface area (Å²) in [4.78, 5) is 0. The second kappa shape index (κ2) is 3.58. The number of hydrogen-bond donors (Lipinski definition) is 2. The maximum absolute atomic E-state index is 5.41. The van der Waals surface area contributed by atoms with Gasteiger partial charge in [0.1, 0.15) is 6.61 Å². The van der Waals surface area contributed by atoms with Crippen molar-refractivity contribution in [1.29, 1.82) is 0 Å². The van der Waals surface area contributed by atoms with Gasteiger partial charge in [-0.3, -0.25) is 0 Å². The fraction of sp³-hybridized carbons (Fsp3) is 1.00. The van der Waals surface area contributed by atoms with E-state index in [2.05, 4.69) is 31.2 Å². The van der Waals surface area contributed by atoms with Gasteiger partial charge in [-0.25, -0.2) is 0 Å². The molecule has 0 aromatic heterocycles. The third kappa shape index (κ3) is 2.30. The summed E-state index contributed by atoms with van der Waals surface area (Å²) in [6, 6.07) is 0.390. The van der Waals surface area contributed by atoms with Gasteiger partial charge in [-0.05, 0) is 5.92 Å². The van der Waals surface area contributed by atoms with Gasteiger partial charge in [0.2, 0.25) is 0 Å². The molecule has 1 fully saturated rings. The van der Waals surface area contributed by atoms with E-state index in [-0.39, 0.29) is 0 Å². The smallest absolute Gasteiger partial charge is 0.181 e. The Kier molecular flexibility index (Phi) is 3.18. The molecule has 0 bridgehead atoms. The molecule has 0 amide bonds. The second-order valence-electron chi connectivity index (χ2n) is 2.98. The van der Waals surface area contributed by atoms with Crippen LogP contribution in [0.25, 0.3) is 0 Å². The van der Waals surface area contributed by atoms with Crippen molar-refractivity contribution in [3.63, 3.8) is 0 Å². The number of hydrogen-bond acceptors (Lipinski definition) is 4. The van der Waals surface area contributed by atoms with Crippen LogP contribution in [0.3, 0.4) is 0 Å². The van der Waals surface area contributed by atoms with Gasteiger partial charge in [0, 0.05) is 0 Å². The molecule has 1 heterocycles. The fourth-order valence-corrected chi connectivity index (χ4v) is 3.00. The van der Waals surface area contributed by atoms with Crippen LogP contribution in [0.4, 0.5) is 0 Å². The van der Waals surface area contributed by atoms with E-state index in [0.29, 0.717) is 18.6 Å². The molecule has 11 heavy (non-hydrogen) atoms. The molecule has 66 valence electrons. The van der Waals surface area contributed by atoms with E-state index in [1.165, 1.54) is 0 Å². The first-order chi connectivity index (χ1) is 5.07. The molecule has 2 atom stereocenters. The summed E-state index contributed by atoms with van der Waals surface area (Å²) in [5.74, 6) is 0.569. The molecular weight excluding hydrogens is 181 g/mol. The van der Waals surface area contributed by atoms with E-state index in [1.807, 2.05) is 0 Å². The number of thiol groups is 1. The van der Waals surface area contributed by atoms with E-state index in [9.17, 15) is 0 Å². The molecule has 1 rings (SSSR count). The molecule has 1 aliphatic rings. The predicted molar refractivity (Wildman–Crippen MR) is 50.6 cm³/mol. The van der Waals surface area contributed by atoms with Crippen LogP contribution in [0.5, 0.6) is 0 Å². The van der Waals surface area contributed by atoms with Crippen LogP contribution < -0.4 is 5.09 Å². The van der Waals surface area contributed by atoms with Gasteiger partial charge in [0.15, 0.2) is 0 Å². The van der Waals surface area contributed by atoms with Crippen molar-refractivity contribution in [2.45, 2.75) is 19.9 Å². The topological polar surface area (TPSA) is 30.5 Å². The van der Waals surface area contributed by atoms with Crippen molar-refractivity contribution < 1.29 is 9.05 Å². The molecule has 0 radical (unpaired) electrons. The summed E-state index contributed by atoms with van der Waals surface area (Å²) in [6.07, 6.45) is 0. The molecular formula is C6H15NO2PS+. The Morgan fingerprint density at radius 3 is 2.64 bits per heavy atom. The van der Waals surface area contributed by atoms with Crippen LogP contribution in [0.2, 0.25) is 0 Å². The maximum Gasteiger partial charge on any atom is 0.409 e. The largest absolute Gasteiger partial charge is 0.409 e. The van der Waals surface area contributed by atoms with Crippen LogP contribution in [-0.4, -0.2) is 19.8 Å². The van der Waals surface area contributed by atoms with Gasteiger partial charge in [-0.1, -0.05) is 13.8 Å². The molecule has 0 aromatic rings. The van der Waals surface area contributed by atoms with Crippen LogP contribution >= 0.6 is 19.3 Å². The first-order valence-electron chi connectivity index (χ1n) is 3.67. The average Bonchev–Trinajstić information content (AvgIpc) is 2.33. The molecule has 1 saturated heterocycles. The normalized spacial score (nSPS) is 38.5. The van der Waals surface area contributed by atoms with E-state index < -0.39 is 7.07 Å². The van der Waals surface area contributed by atoms with Gasteiger partial charge in [-0.15, -0.1) is 5.09 Å². The molecule has 0 saturated carbocycles. The van der Waals surface area contributed by atoms with Crippen molar-refractivity contribution in [3.8, 4) is 0 Å². The zero-order chi connectivity index (χ0) is 8.48. The first-order valence-corrected chi connectivity index (χ1v) is 6.45. The highest BCUT2D eigenvalue weighted by molar-refractivity contribution is 8.48. The van der Waals surface area contributed by atoms with Gasteiger partial charge in [0.25, 0.3) is 0 Å². The van der Waals surface area contributed by atoms with Crippen molar-refractivity contribution >= 4 is 19.3 Å². The van der Waals surface area contributed by atoms with E-state index in [4.69, 9.17) is 9.05 Å². The average molecular weight is 196 g/mol. The Morgan fingerprint density at radius 1 is 1.73 bits per heavy atom. The minimum atomic E-state index is -1.97. The Morgan fingerprint density at radius 2 is 2.36 bits per heavy atom. The second-order valence-corrected chi connectivity index (χ2v) is 6.48. The van der Waals surface area contributed by atoms with Crippen molar-refractivity contribution in [2.75, 3.05) is 13.7 Å². The lowest BCUT2D eigenvalue weighted by Crippen LogP contribution is -2.28. The van der Waals surface area contributed by atoms with Crippen molar-refractivity contribution in [2.24, 2.45) is 5.92 Å². The summed E-state index contributed by atoms with van der Waals surface area (Å²) >= 11 is 4.29. The molecule has 0 spiro atoms. The molecule has 1 N–H and O–H groups in total. The summed E-state index contributed by atoms with van der Waals surface area (Å²) in [5.41, 5.74) is 0. The highest BCUT2D eigenvalue weighted by Gasteiger charge is 2.48. The van der Waals surface area contributed by atoms with E-state index >= 15 is 0 Å². The van der Waals surface area contributed by atoms with E-state index in [0.717, 1.165) is 0 Å². The summed E-state index contributed by atoms with van der Waals surface area (Å²) < 4.78 is 10.5. The minimum Gasteiger partial charge on any atom is -0.181 e. The Labute approximate surface area is 73.6 Å². The minimum absolute atomic E-state index is 0.390. The van der Waals surface area contributed by atoms with Crippen molar-refractivity contribution in [1.82, 2.24) is 5.09 Å². The fourth-order valence-electron chi connectivity index (χ4n) is 0.912.